The first-order chi connectivity index (χ1) is 11.8. The van der Waals surface area contributed by atoms with Crippen molar-refractivity contribution in [2.24, 2.45) is 0 Å². The van der Waals surface area contributed by atoms with E-state index in [4.69, 9.17) is 9.72 Å². The van der Waals surface area contributed by atoms with Gasteiger partial charge in [-0.25, -0.2) is 9.50 Å². The van der Waals surface area contributed by atoms with Gasteiger partial charge < -0.3 is 15.0 Å². The van der Waals surface area contributed by atoms with Crippen LogP contribution in [0.15, 0.2) is 42.6 Å². The average Bonchev–Trinajstić information content (AvgIpc) is 3.11. The summed E-state index contributed by atoms with van der Waals surface area (Å²) in [6.07, 6.45) is 1.97. The van der Waals surface area contributed by atoms with E-state index in [1.54, 1.807) is 0 Å². The lowest BCUT2D eigenvalue weighted by Crippen LogP contribution is -2.37. The Labute approximate surface area is 141 Å². The SMILES string of the molecule is CCNc1ccc(-c2nc(N3CCOCC3)c3cccn3n2)cc1. The van der Waals surface area contributed by atoms with Crippen LogP contribution in [0.4, 0.5) is 11.5 Å². The summed E-state index contributed by atoms with van der Waals surface area (Å²) in [6.45, 7) is 6.19. The van der Waals surface area contributed by atoms with E-state index in [-0.39, 0.29) is 0 Å². The minimum Gasteiger partial charge on any atom is -0.385 e. The third kappa shape index (κ3) is 2.80. The molecule has 3 aromatic rings. The Morgan fingerprint density at radius 2 is 1.92 bits per heavy atom. The van der Waals surface area contributed by atoms with E-state index in [9.17, 15) is 0 Å². The molecule has 6 heteroatoms. The number of nitrogens with zero attached hydrogens (tertiary/aromatic N) is 4. The Balaban J connectivity index is 1.75. The maximum atomic E-state index is 5.47. The summed E-state index contributed by atoms with van der Waals surface area (Å²) >= 11 is 0. The molecule has 0 saturated carbocycles. The second kappa shape index (κ2) is 6.49. The van der Waals surface area contributed by atoms with E-state index < -0.39 is 0 Å². The van der Waals surface area contributed by atoms with E-state index in [2.05, 4.69) is 52.6 Å². The second-order valence-electron chi connectivity index (χ2n) is 5.80. The molecule has 0 atom stereocenters. The van der Waals surface area contributed by atoms with Crippen molar-refractivity contribution in [2.75, 3.05) is 43.1 Å². The minimum absolute atomic E-state index is 0.739. The Morgan fingerprint density at radius 1 is 1.12 bits per heavy atom. The maximum Gasteiger partial charge on any atom is 0.182 e. The van der Waals surface area contributed by atoms with Crippen LogP contribution in [0.1, 0.15) is 6.92 Å². The van der Waals surface area contributed by atoms with Gasteiger partial charge in [0, 0.05) is 37.1 Å². The molecular formula is C18H21N5O. The first-order valence-electron chi connectivity index (χ1n) is 8.37. The van der Waals surface area contributed by atoms with Gasteiger partial charge in [0.1, 0.15) is 5.52 Å². The van der Waals surface area contributed by atoms with Crippen LogP contribution in [0.5, 0.6) is 0 Å². The van der Waals surface area contributed by atoms with Crippen molar-refractivity contribution in [1.82, 2.24) is 14.6 Å². The smallest absolute Gasteiger partial charge is 0.182 e. The molecule has 1 fully saturated rings. The van der Waals surface area contributed by atoms with Gasteiger partial charge in [-0.2, -0.15) is 0 Å². The van der Waals surface area contributed by atoms with E-state index in [0.29, 0.717) is 0 Å². The van der Waals surface area contributed by atoms with Crippen LogP contribution < -0.4 is 10.2 Å². The topological polar surface area (TPSA) is 54.7 Å². The number of aromatic nitrogens is 3. The van der Waals surface area contributed by atoms with Crippen molar-refractivity contribution in [2.45, 2.75) is 6.92 Å². The van der Waals surface area contributed by atoms with Crippen LogP contribution in [0.3, 0.4) is 0 Å². The minimum atomic E-state index is 0.739. The van der Waals surface area contributed by atoms with Crippen LogP contribution in [0.25, 0.3) is 16.9 Å². The number of rotatable bonds is 4. The van der Waals surface area contributed by atoms with Crippen molar-refractivity contribution in [3.63, 3.8) is 0 Å². The molecule has 0 spiro atoms. The quantitative estimate of drug-likeness (QED) is 0.800. The van der Waals surface area contributed by atoms with Gasteiger partial charge in [-0.15, -0.1) is 5.10 Å². The van der Waals surface area contributed by atoms with Crippen molar-refractivity contribution in [1.29, 1.82) is 0 Å². The van der Waals surface area contributed by atoms with Crippen LogP contribution in [-0.2, 0) is 4.74 Å². The molecule has 1 saturated heterocycles. The summed E-state index contributed by atoms with van der Waals surface area (Å²) in [4.78, 5) is 7.14. The molecular weight excluding hydrogens is 302 g/mol. The molecule has 1 aliphatic rings. The van der Waals surface area contributed by atoms with Crippen molar-refractivity contribution < 1.29 is 4.74 Å². The number of hydrogen-bond acceptors (Lipinski definition) is 5. The highest BCUT2D eigenvalue weighted by Crippen LogP contribution is 2.25. The van der Waals surface area contributed by atoms with Crippen molar-refractivity contribution >= 4 is 17.0 Å². The Hall–Kier alpha value is -2.60. The summed E-state index contributed by atoms with van der Waals surface area (Å²) in [5.74, 6) is 1.72. The van der Waals surface area contributed by atoms with Crippen LogP contribution in [0.2, 0.25) is 0 Å². The van der Waals surface area contributed by atoms with Gasteiger partial charge in [-0.05, 0) is 43.3 Å². The number of nitrogens with one attached hydrogen (secondary N) is 1. The zero-order chi connectivity index (χ0) is 16.4. The molecule has 1 aromatic carbocycles. The molecule has 24 heavy (non-hydrogen) atoms. The van der Waals surface area contributed by atoms with Crippen molar-refractivity contribution in [3.8, 4) is 11.4 Å². The van der Waals surface area contributed by atoms with Gasteiger partial charge in [0.2, 0.25) is 0 Å². The predicted octanol–water partition coefficient (Wildman–Crippen LogP) is 2.66. The number of fused-ring (bicyclic) bond motifs is 1. The third-order valence-electron chi connectivity index (χ3n) is 4.21. The zero-order valence-corrected chi connectivity index (χ0v) is 13.8. The van der Waals surface area contributed by atoms with Gasteiger partial charge in [-0.3, -0.25) is 0 Å². The zero-order valence-electron chi connectivity index (χ0n) is 13.8. The van der Waals surface area contributed by atoms with Crippen molar-refractivity contribution in [3.05, 3.63) is 42.6 Å². The Morgan fingerprint density at radius 3 is 2.67 bits per heavy atom. The normalized spacial score (nSPS) is 15.0. The third-order valence-corrected chi connectivity index (χ3v) is 4.21. The monoisotopic (exact) mass is 323 g/mol. The van der Waals surface area contributed by atoms with Gasteiger partial charge in [0.05, 0.1) is 13.2 Å². The molecule has 2 aromatic heterocycles. The van der Waals surface area contributed by atoms with E-state index in [0.717, 1.165) is 61.3 Å². The average molecular weight is 323 g/mol. The highest BCUT2D eigenvalue weighted by Gasteiger charge is 2.18. The van der Waals surface area contributed by atoms with Crippen LogP contribution >= 0.6 is 0 Å². The molecule has 124 valence electrons. The molecule has 0 bridgehead atoms. The van der Waals surface area contributed by atoms with Crippen LogP contribution in [0, 0.1) is 0 Å². The number of hydrogen-bond donors (Lipinski definition) is 1. The van der Waals surface area contributed by atoms with E-state index >= 15 is 0 Å². The molecule has 1 aliphatic heterocycles. The lowest BCUT2D eigenvalue weighted by Gasteiger charge is -2.28. The van der Waals surface area contributed by atoms with Gasteiger partial charge in [0.25, 0.3) is 0 Å². The molecule has 0 radical (unpaired) electrons. The van der Waals surface area contributed by atoms with Gasteiger partial charge in [0.15, 0.2) is 11.6 Å². The maximum absolute atomic E-state index is 5.47. The molecule has 1 N–H and O–H groups in total. The highest BCUT2D eigenvalue weighted by molar-refractivity contribution is 5.72. The standard InChI is InChI=1S/C18H21N5O/c1-2-19-15-7-5-14(6-8-15)17-20-18(22-10-12-24-13-11-22)16-4-3-9-23(16)21-17/h3-9,19H,2,10-13H2,1H3. The Kier molecular flexibility index (Phi) is 4.04. The number of morpholine rings is 1. The second-order valence-corrected chi connectivity index (χ2v) is 5.80. The molecule has 6 nitrogen and oxygen atoms in total. The summed E-state index contributed by atoms with van der Waals surface area (Å²) in [7, 11) is 0. The number of anilines is 2. The fourth-order valence-corrected chi connectivity index (χ4v) is 2.99. The fourth-order valence-electron chi connectivity index (χ4n) is 2.99. The van der Waals surface area contributed by atoms with Gasteiger partial charge in [-0.1, -0.05) is 0 Å². The lowest BCUT2D eigenvalue weighted by atomic mass is 10.2. The lowest BCUT2D eigenvalue weighted by molar-refractivity contribution is 0.122. The summed E-state index contributed by atoms with van der Waals surface area (Å²) in [5.41, 5.74) is 3.16. The number of benzene rings is 1. The molecule has 0 aliphatic carbocycles. The summed E-state index contributed by atoms with van der Waals surface area (Å²) in [5, 5.41) is 7.97. The van der Waals surface area contributed by atoms with E-state index in [1.165, 1.54) is 0 Å². The fraction of sp³-hybridized carbons (Fsp3) is 0.333. The Bertz CT molecular complexity index is 821. The summed E-state index contributed by atoms with van der Waals surface area (Å²) < 4.78 is 7.38. The van der Waals surface area contributed by atoms with E-state index in [1.807, 2.05) is 16.8 Å². The first kappa shape index (κ1) is 15.0. The highest BCUT2D eigenvalue weighted by atomic mass is 16.5. The van der Waals surface area contributed by atoms with Crippen LogP contribution in [-0.4, -0.2) is 47.4 Å². The summed E-state index contributed by atoms with van der Waals surface area (Å²) in [6, 6.07) is 12.3. The molecule has 0 amide bonds. The largest absolute Gasteiger partial charge is 0.385 e. The van der Waals surface area contributed by atoms with Gasteiger partial charge >= 0.3 is 0 Å². The molecule has 0 unspecified atom stereocenters. The predicted molar refractivity (Wildman–Crippen MR) is 95.6 cm³/mol. The first-order valence-corrected chi connectivity index (χ1v) is 8.37. The molecule has 3 heterocycles. The number of ether oxygens (including phenoxy) is 1. The molecule has 4 rings (SSSR count).